The summed E-state index contributed by atoms with van der Waals surface area (Å²) in [6.45, 7) is 1.92. The molecular formula is C18H19NO2. The zero-order valence-electron chi connectivity index (χ0n) is 11.9. The van der Waals surface area contributed by atoms with Crippen molar-refractivity contribution in [2.75, 3.05) is 6.54 Å². The van der Waals surface area contributed by atoms with Crippen molar-refractivity contribution in [1.29, 1.82) is 0 Å². The fourth-order valence-electron chi connectivity index (χ4n) is 2.59. The van der Waals surface area contributed by atoms with Gasteiger partial charge in [0, 0.05) is 13.1 Å². The Morgan fingerprint density at radius 1 is 0.952 bits per heavy atom. The van der Waals surface area contributed by atoms with Crippen LogP contribution in [-0.4, -0.2) is 23.5 Å². The molecule has 1 aliphatic rings. The minimum Gasteiger partial charge on any atom is -0.371 e. The van der Waals surface area contributed by atoms with Gasteiger partial charge in [-0.1, -0.05) is 60.7 Å². The van der Waals surface area contributed by atoms with Crippen LogP contribution in [0.1, 0.15) is 17.5 Å². The molecule has 21 heavy (non-hydrogen) atoms. The molecule has 0 radical (unpaired) electrons. The Hall–Kier alpha value is -2.13. The summed E-state index contributed by atoms with van der Waals surface area (Å²) in [5, 5.41) is 0. The summed E-state index contributed by atoms with van der Waals surface area (Å²) in [6.07, 6.45) is 0.487. The number of nitrogens with zero attached hydrogens (tertiary/aromatic N) is 1. The van der Waals surface area contributed by atoms with Crippen LogP contribution in [0.3, 0.4) is 0 Å². The molecule has 0 saturated carbocycles. The van der Waals surface area contributed by atoms with Crippen molar-refractivity contribution in [3.8, 4) is 0 Å². The van der Waals surface area contributed by atoms with Crippen LogP contribution in [0.25, 0.3) is 0 Å². The second-order valence-electron chi connectivity index (χ2n) is 5.38. The Kier molecular flexibility index (Phi) is 4.31. The lowest BCUT2D eigenvalue weighted by Gasteiger charge is -2.17. The van der Waals surface area contributed by atoms with Crippen LogP contribution in [0.2, 0.25) is 0 Å². The van der Waals surface area contributed by atoms with Crippen LogP contribution in [0.15, 0.2) is 60.7 Å². The predicted molar refractivity (Wildman–Crippen MR) is 81.5 cm³/mol. The average molecular weight is 281 g/mol. The van der Waals surface area contributed by atoms with Crippen LogP contribution in [0, 0.1) is 0 Å². The van der Waals surface area contributed by atoms with Gasteiger partial charge in [-0.2, -0.15) is 0 Å². The molecule has 1 saturated heterocycles. The molecule has 0 aromatic heterocycles. The third kappa shape index (κ3) is 3.70. The van der Waals surface area contributed by atoms with E-state index in [9.17, 15) is 4.79 Å². The van der Waals surface area contributed by atoms with Gasteiger partial charge in [-0.25, -0.2) is 0 Å². The number of benzene rings is 2. The number of amides is 1. The molecule has 2 aromatic rings. The molecule has 0 N–H and O–H groups in total. The van der Waals surface area contributed by atoms with Gasteiger partial charge < -0.3 is 9.64 Å². The van der Waals surface area contributed by atoms with Crippen LogP contribution in [-0.2, 0) is 22.7 Å². The highest BCUT2D eigenvalue weighted by Gasteiger charge is 2.30. The highest BCUT2D eigenvalue weighted by molar-refractivity contribution is 5.79. The molecule has 1 heterocycles. The molecule has 3 heteroatoms. The molecule has 0 spiro atoms. The normalized spacial score (nSPS) is 18.2. The van der Waals surface area contributed by atoms with Crippen LogP contribution in [0.5, 0.6) is 0 Å². The Morgan fingerprint density at radius 2 is 1.57 bits per heavy atom. The average Bonchev–Trinajstić information content (AvgIpc) is 2.87. The van der Waals surface area contributed by atoms with E-state index in [0.29, 0.717) is 26.1 Å². The van der Waals surface area contributed by atoms with Crippen molar-refractivity contribution in [3.05, 3.63) is 71.8 Å². The maximum atomic E-state index is 12.0. The minimum absolute atomic E-state index is 0.00131. The van der Waals surface area contributed by atoms with Gasteiger partial charge in [0.1, 0.15) is 0 Å². The quantitative estimate of drug-likeness (QED) is 0.843. The van der Waals surface area contributed by atoms with Gasteiger partial charge in [0.15, 0.2) is 0 Å². The second kappa shape index (κ2) is 6.55. The van der Waals surface area contributed by atoms with E-state index in [1.165, 1.54) is 0 Å². The van der Waals surface area contributed by atoms with E-state index in [1.54, 1.807) is 0 Å². The largest absolute Gasteiger partial charge is 0.371 e. The summed E-state index contributed by atoms with van der Waals surface area (Å²) in [5.41, 5.74) is 2.31. The Balaban J connectivity index is 1.53. The number of likely N-dealkylation sites (tertiary alicyclic amines) is 1. The molecule has 1 atom stereocenters. The van der Waals surface area contributed by atoms with Crippen molar-refractivity contribution in [2.24, 2.45) is 0 Å². The molecule has 3 nitrogen and oxygen atoms in total. The van der Waals surface area contributed by atoms with Crippen molar-refractivity contribution >= 4 is 5.91 Å². The third-order valence-electron chi connectivity index (χ3n) is 3.72. The Morgan fingerprint density at radius 3 is 2.24 bits per heavy atom. The lowest BCUT2D eigenvalue weighted by molar-refractivity contribution is -0.128. The van der Waals surface area contributed by atoms with Crippen molar-refractivity contribution < 1.29 is 9.53 Å². The lowest BCUT2D eigenvalue weighted by Crippen LogP contribution is -2.25. The van der Waals surface area contributed by atoms with Gasteiger partial charge in [0.25, 0.3) is 0 Å². The molecule has 0 aliphatic carbocycles. The number of carbonyl (C=O) groups is 1. The fraction of sp³-hybridized carbons (Fsp3) is 0.278. The highest BCUT2D eigenvalue weighted by atomic mass is 16.5. The zero-order chi connectivity index (χ0) is 14.5. The molecule has 0 unspecified atom stereocenters. The van der Waals surface area contributed by atoms with Crippen LogP contribution in [0.4, 0.5) is 0 Å². The summed E-state index contributed by atoms with van der Waals surface area (Å²) in [4.78, 5) is 13.9. The van der Waals surface area contributed by atoms with E-state index >= 15 is 0 Å². The first kappa shape index (κ1) is 13.8. The van der Waals surface area contributed by atoms with Gasteiger partial charge in [-0.05, 0) is 11.1 Å². The van der Waals surface area contributed by atoms with E-state index in [2.05, 4.69) is 0 Å². The summed E-state index contributed by atoms with van der Waals surface area (Å²) in [5.74, 6) is 0.178. The second-order valence-corrected chi connectivity index (χ2v) is 5.38. The number of hydrogen-bond acceptors (Lipinski definition) is 2. The first-order chi connectivity index (χ1) is 10.3. The molecule has 1 aliphatic heterocycles. The highest BCUT2D eigenvalue weighted by Crippen LogP contribution is 2.18. The van der Waals surface area contributed by atoms with E-state index in [4.69, 9.17) is 4.74 Å². The zero-order valence-corrected chi connectivity index (χ0v) is 11.9. The fourth-order valence-corrected chi connectivity index (χ4v) is 2.59. The summed E-state index contributed by atoms with van der Waals surface area (Å²) < 4.78 is 5.86. The molecule has 3 rings (SSSR count). The van der Waals surface area contributed by atoms with E-state index in [0.717, 1.165) is 11.1 Å². The molecule has 108 valence electrons. The monoisotopic (exact) mass is 281 g/mol. The number of rotatable bonds is 5. The van der Waals surface area contributed by atoms with Gasteiger partial charge in [-0.3, -0.25) is 4.79 Å². The lowest BCUT2D eigenvalue weighted by atomic mass is 10.2. The predicted octanol–water partition coefficient (Wildman–Crippen LogP) is 3.00. The first-order valence-corrected chi connectivity index (χ1v) is 7.28. The summed E-state index contributed by atoms with van der Waals surface area (Å²) >= 11 is 0. The number of carbonyl (C=O) groups excluding carboxylic acids is 1. The minimum atomic E-state index is 0.00131. The Labute approximate surface area is 125 Å². The maximum Gasteiger partial charge on any atom is 0.225 e. The van der Waals surface area contributed by atoms with Gasteiger partial charge in [0.2, 0.25) is 5.91 Å². The molecule has 0 bridgehead atoms. The van der Waals surface area contributed by atoms with Crippen molar-refractivity contribution in [3.63, 3.8) is 0 Å². The van der Waals surface area contributed by atoms with E-state index in [1.807, 2.05) is 65.6 Å². The van der Waals surface area contributed by atoms with Gasteiger partial charge in [0.05, 0.1) is 19.1 Å². The third-order valence-corrected chi connectivity index (χ3v) is 3.72. The number of ether oxygens (including phenoxy) is 1. The van der Waals surface area contributed by atoms with Gasteiger partial charge in [-0.15, -0.1) is 0 Å². The van der Waals surface area contributed by atoms with Crippen LogP contribution < -0.4 is 0 Å². The molecule has 1 fully saturated rings. The standard InChI is InChI=1S/C18H19NO2/c20-18-11-17(21-14-16-9-5-2-6-10-16)13-19(18)12-15-7-3-1-4-8-15/h1-10,17H,11-14H2/t17-/m0/s1. The van der Waals surface area contributed by atoms with E-state index in [-0.39, 0.29) is 12.0 Å². The van der Waals surface area contributed by atoms with Gasteiger partial charge >= 0.3 is 0 Å². The SMILES string of the molecule is O=C1C[C@H](OCc2ccccc2)CN1Cc1ccccc1. The summed E-state index contributed by atoms with van der Waals surface area (Å²) in [6, 6.07) is 20.2. The molecule has 1 amide bonds. The molecule has 2 aromatic carbocycles. The van der Waals surface area contributed by atoms with E-state index < -0.39 is 0 Å². The Bertz CT molecular complexity index is 583. The van der Waals surface area contributed by atoms with Crippen molar-refractivity contribution in [1.82, 2.24) is 4.90 Å². The molecular weight excluding hydrogens is 262 g/mol. The smallest absolute Gasteiger partial charge is 0.225 e. The van der Waals surface area contributed by atoms with Crippen LogP contribution >= 0.6 is 0 Å². The maximum absolute atomic E-state index is 12.0. The number of hydrogen-bond donors (Lipinski definition) is 0. The first-order valence-electron chi connectivity index (χ1n) is 7.28. The topological polar surface area (TPSA) is 29.5 Å². The summed E-state index contributed by atoms with van der Waals surface area (Å²) in [7, 11) is 0. The van der Waals surface area contributed by atoms with Crippen molar-refractivity contribution in [2.45, 2.75) is 25.7 Å².